The van der Waals surface area contributed by atoms with E-state index in [1.807, 2.05) is 0 Å². The zero-order valence-corrected chi connectivity index (χ0v) is 9.49. The van der Waals surface area contributed by atoms with E-state index in [4.69, 9.17) is 0 Å². The molecule has 0 bridgehead atoms. The lowest BCUT2D eigenvalue weighted by atomic mass is 9.91. The highest BCUT2D eigenvalue weighted by Crippen LogP contribution is 2.24. The number of thiol groups is 1. The molecule has 82 valence electrons. The number of nitrogens with zero attached hydrogens (tertiary/aromatic N) is 2. The summed E-state index contributed by atoms with van der Waals surface area (Å²) in [5.74, 6) is 0. The molecular formula is C10H20N2OS. The highest BCUT2D eigenvalue weighted by Gasteiger charge is 2.30. The largest absolute Gasteiger partial charge is 0.391 e. The molecule has 2 aliphatic rings. The van der Waals surface area contributed by atoms with E-state index >= 15 is 0 Å². The van der Waals surface area contributed by atoms with Crippen LogP contribution in [0.4, 0.5) is 0 Å². The minimum atomic E-state index is -0.0878. The molecule has 1 heterocycles. The summed E-state index contributed by atoms with van der Waals surface area (Å²) < 4.78 is 2.06. The maximum absolute atomic E-state index is 9.91. The lowest BCUT2D eigenvalue weighted by molar-refractivity contribution is 0.00750. The third kappa shape index (κ3) is 2.42. The van der Waals surface area contributed by atoms with Crippen LogP contribution in [0.25, 0.3) is 0 Å². The van der Waals surface area contributed by atoms with Gasteiger partial charge in [0.2, 0.25) is 0 Å². The Balaban J connectivity index is 1.87. The number of aliphatic hydroxyl groups excluding tert-OH is 1. The number of hydrogen-bond donors (Lipinski definition) is 2. The van der Waals surface area contributed by atoms with Gasteiger partial charge in [-0.1, -0.05) is 25.7 Å². The van der Waals surface area contributed by atoms with Crippen molar-refractivity contribution in [2.24, 2.45) is 0 Å². The van der Waals surface area contributed by atoms with Crippen molar-refractivity contribution < 1.29 is 5.11 Å². The van der Waals surface area contributed by atoms with E-state index in [-0.39, 0.29) is 6.10 Å². The molecule has 0 aromatic rings. The first-order valence-electron chi connectivity index (χ1n) is 5.63. The Morgan fingerprint density at radius 3 is 2.29 bits per heavy atom. The smallest absolute Gasteiger partial charge is 0.0695 e. The molecule has 0 spiro atoms. The van der Waals surface area contributed by atoms with Crippen LogP contribution in [0.2, 0.25) is 0 Å². The van der Waals surface area contributed by atoms with Gasteiger partial charge in [0.1, 0.15) is 0 Å². The van der Waals surface area contributed by atoms with Crippen molar-refractivity contribution >= 4 is 12.8 Å². The Morgan fingerprint density at radius 1 is 1.00 bits per heavy atom. The minimum absolute atomic E-state index is 0.0878. The molecule has 2 fully saturated rings. The van der Waals surface area contributed by atoms with Crippen LogP contribution in [-0.4, -0.2) is 52.6 Å². The van der Waals surface area contributed by atoms with Gasteiger partial charge >= 0.3 is 0 Å². The Kier molecular flexibility index (Phi) is 3.71. The van der Waals surface area contributed by atoms with E-state index in [9.17, 15) is 5.11 Å². The topological polar surface area (TPSA) is 26.7 Å². The molecule has 2 atom stereocenters. The standard InChI is InChI=1S/C10H20N2OS/c13-10-4-2-1-3-9(10)11-5-7-12(14)8-6-11/h9-10,13-14H,1-8H2. The lowest BCUT2D eigenvalue weighted by Crippen LogP contribution is -2.52. The van der Waals surface area contributed by atoms with Gasteiger partial charge in [-0.25, -0.2) is 0 Å². The van der Waals surface area contributed by atoms with Crippen LogP contribution in [0.5, 0.6) is 0 Å². The van der Waals surface area contributed by atoms with E-state index in [1.54, 1.807) is 0 Å². The number of piperazine rings is 1. The summed E-state index contributed by atoms with van der Waals surface area (Å²) in [5.41, 5.74) is 0. The molecule has 4 heteroatoms. The fourth-order valence-corrected chi connectivity index (χ4v) is 2.74. The predicted octanol–water partition coefficient (Wildman–Crippen LogP) is 0.752. The molecule has 0 aromatic carbocycles. The van der Waals surface area contributed by atoms with Gasteiger partial charge in [0.25, 0.3) is 0 Å². The average Bonchev–Trinajstić information content (AvgIpc) is 2.20. The van der Waals surface area contributed by atoms with Crippen LogP contribution in [0, 0.1) is 0 Å². The molecule has 1 saturated heterocycles. The second kappa shape index (κ2) is 4.84. The second-order valence-corrected chi connectivity index (χ2v) is 4.97. The highest BCUT2D eigenvalue weighted by molar-refractivity contribution is 7.77. The minimum Gasteiger partial charge on any atom is -0.391 e. The third-order valence-electron chi connectivity index (χ3n) is 3.45. The van der Waals surface area contributed by atoms with Gasteiger partial charge in [-0.3, -0.25) is 9.21 Å². The molecule has 2 rings (SSSR count). The quantitative estimate of drug-likeness (QED) is 0.633. The molecule has 1 aliphatic carbocycles. The van der Waals surface area contributed by atoms with E-state index in [0.717, 1.165) is 32.6 Å². The molecule has 1 aliphatic heterocycles. The predicted molar refractivity (Wildman–Crippen MR) is 60.4 cm³/mol. The Morgan fingerprint density at radius 2 is 1.64 bits per heavy atom. The van der Waals surface area contributed by atoms with Crippen LogP contribution in [0.15, 0.2) is 0 Å². The van der Waals surface area contributed by atoms with Crippen molar-refractivity contribution in [2.45, 2.75) is 37.8 Å². The van der Waals surface area contributed by atoms with Crippen LogP contribution in [-0.2, 0) is 0 Å². The van der Waals surface area contributed by atoms with E-state index in [2.05, 4.69) is 22.0 Å². The van der Waals surface area contributed by atoms with Crippen molar-refractivity contribution in [1.82, 2.24) is 9.21 Å². The van der Waals surface area contributed by atoms with Crippen molar-refractivity contribution in [2.75, 3.05) is 26.2 Å². The summed E-state index contributed by atoms with van der Waals surface area (Å²) in [6, 6.07) is 0.422. The first kappa shape index (κ1) is 10.7. The Labute approximate surface area is 91.6 Å². The van der Waals surface area contributed by atoms with Gasteiger partial charge in [-0.2, -0.15) is 0 Å². The molecule has 0 radical (unpaired) electrons. The lowest BCUT2D eigenvalue weighted by Gasteiger charge is -2.41. The first-order valence-corrected chi connectivity index (χ1v) is 6.03. The van der Waals surface area contributed by atoms with Gasteiger partial charge in [0.15, 0.2) is 0 Å². The maximum atomic E-state index is 9.91. The summed E-state index contributed by atoms with van der Waals surface area (Å²) in [5, 5.41) is 9.91. The van der Waals surface area contributed by atoms with E-state index in [1.165, 1.54) is 19.3 Å². The Hall–Kier alpha value is 0.230. The number of aliphatic hydroxyl groups is 1. The maximum Gasteiger partial charge on any atom is 0.0695 e. The molecule has 1 saturated carbocycles. The van der Waals surface area contributed by atoms with Crippen LogP contribution >= 0.6 is 12.8 Å². The molecule has 1 N–H and O–H groups in total. The summed E-state index contributed by atoms with van der Waals surface area (Å²) >= 11 is 4.33. The summed E-state index contributed by atoms with van der Waals surface area (Å²) in [7, 11) is 0. The van der Waals surface area contributed by atoms with Crippen molar-refractivity contribution in [3.05, 3.63) is 0 Å². The van der Waals surface area contributed by atoms with Gasteiger partial charge in [0, 0.05) is 32.2 Å². The molecule has 2 unspecified atom stereocenters. The fraction of sp³-hybridized carbons (Fsp3) is 1.00. The summed E-state index contributed by atoms with van der Waals surface area (Å²) in [6.07, 6.45) is 4.56. The number of rotatable bonds is 1. The highest BCUT2D eigenvalue weighted by atomic mass is 32.1. The van der Waals surface area contributed by atoms with Gasteiger partial charge in [-0.05, 0) is 12.8 Å². The Bertz CT molecular complexity index is 183. The second-order valence-electron chi connectivity index (χ2n) is 4.41. The normalized spacial score (nSPS) is 37.3. The molecule has 0 aromatic heterocycles. The van der Waals surface area contributed by atoms with Crippen molar-refractivity contribution in [1.29, 1.82) is 0 Å². The monoisotopic (exact) mass is 216 g/mol. The van der Waals surface area contributed by atoms with E-state index < -0.39 is 0 Å². The van der Waals surface area contributed by atoms with Gasteiger partial charge in [-0.15, -0.1) is 0 Å². The van der Waals surface area contributed by atoms with Crippen LogP contribution in [0.1, 0.15) is 25.7 Å². The molecule has 3 nitrogen and oxygen atoms in total. The summed E-state index contributed by atoms with van der Waals surface area (Å²) in [4.78, 5) is 2.44. The van der Waals surface area contributed by atoms with Crippen molar-refractivity contribution in [3.63, 3.8) is 0 Å². The molecule has 0 amide bonds. The molecule has 14 heavy (non-hydrogen) atoms. The van der Waals surface area contributed by atoms with Crippen molar-refractivity contribution in [3.8, 4) is 0 Å². The average molecular weight is 216 g/mol. The third-order valence-corrected chi connectivity index (χ3v) is 3.85. The summed E-state index contributed by atoms with van der Waals surface area (Å²) in [6.45, 7) is 4.16. The molecular weight excluding hydrogens is 196 g/mol. The first-order chi connectivity index (χ1) is 6.77. The van der Waals surface area contributed by atoms with Gasteiger partial charge < -0.3 is 5.11 Å². The fourth-order valence-electron chi connectivity index (χ4n) is 2.56. The van der Waals surface area contributed by atoms with Gasteiger partial charge in [0.05, 0.1) is 6.10 Å². The zero-order chi connectivity index (χ0) is 9.97. The van der Waals surface area contributed by atoms with Crippen LogP contribution in [0.3, 0.4) is 0 Å². The SMILES string of the molecule is OC1CCCCC1N1CCN(S)CC1. The number of hydrogen-bond acceptors (Lipinski definition) is 4. The zero-order valence-electron chi connectivity index (χ0n) is 8.60. The van der Waals surface area contributed by atoms with E-state index in [0.29, 0.717) is 6.04 Å². The van der Waals surface area contributed by atoms with Crippen LogP contribution < -0.4 is 0 Å².